The van der Waals surface area contributed by atoms with Gasteiger partial charge in [0.25, 0.3) is 0 Å². The van der Waals surface area contributed by atoms with Gasteiger partial charge in [-0.15, -0.1) is 0 Å². The Balaban J connectivity index is 1.53. The van der Waals surface area contributed by atoms with Gasteiger partial charge in [-0.2, -0.15) is 8.42 Å². The number of benzene rings is 1. The van der Waals surface area contributed by atoms with Gasteiger partial charge in [-0.25, -0.2) is 8.37 Å². The number of rotatable bonds is 3. The first-order chi connectivity index (χ1) is 9.53. The quantitative estimate of drug-likeness (QED) is 0.779. The van der Waals surface area contributed by atoms with Crippen LogP contribution in [0.5, 0.6) is 0 Å². The van der Waals surface area contributed by atoms with Gasteiger partial charge in [0.2, 0.25) is 0 Å². The van der Waals surface area contributed by atoms with E-state index in [1.54, 1.807) is 0 Å². The lowest BCUT2D eigenvalue weighted by Gasteiger charge is -2.10. The molecule has 3 atom stereocenters. The normalized spacial score (nSPS) is 30.9. The summed E-state index contributed by atoms with van der Waals surface area (Å²) in [4.78, 5) is 11.9. The molecule has 1 aliphatic heterocycles. The second-order valence-electron chi connectivity index (χ2n) is 4.94. The Labute approximate surface area is 117 Å². The van der Waals surface area contributed by atoms with E-state index in [0.29, 0.717) is 12.8 Å². The maximum atomic E-state index is 11.9. The molecule has 0 spiro atoms. The van der Waals surface area contributed by atoms with E-state index < -0.39 is 22.6 Å². The highest BCUT2D eigenvalue weighted by Crippen LogP contribution is 2.38. The van der Waals surface area contributed by atoms with E-state index >= 15 is 0 Å². The minimum atomic E-state index is -3.86. The highest BCUT2D eigenvalue weighted by molar-refractivity contribution is 7.82. The third kappa shape index (κ3) is 2.84. The van der Waals surface area contributed by atoms with Gasteiger partial charge in [0.15, 0.2) is 0 Å². The SMILES string of the molecule is O=C(OCc1ccccc1)C1C[C@@H]2OS(=O)(=O)O[C@@H]2C1. The summed E-state index contributed by atoms with van der Waals surface area (Å²) in [5, 5.41) is 0. The van der Waals surface area contributed by atoms with Crippen LogP contribution in [-0.2, 0) is 34.9 Å². The maximum Gasteiger partial charge on any atom is 0.400 e. The first-order valence-corrected chi connectivity index (χ1v) is 7.69. The molecule has 6 nitrogen and oxygen atoms in total. The van der Waals surface area contributed by atoms with Crippen LogP contribution in [-0.4, -0.2) is 26.6 Å². The van der Waals surface area contributed by atoms with E-state index in [4.69, 9.17) is 13.1 Å². The van der Waals surface area contributed by atoms with Gasteiger partial charge in [0.1, 0.15) is 18.8 Å². The van der Waals surface area contributed by atoms with Gasteiger partial charge in [0, 0.05) is 0 Å². The summed E-state index contributed by atoms with van der Waals surface area (Å²) < 4.78 is 36.9. The maximum absolute atomic E-state index is 11.9. The van der Waals surface area contributed by atoms with Crippen LogP contribution in [0.2, 0.25) is 0 Å². The van der Waals surface area contributed by atoms with Crippen LogP contribution in [0.4, 0.5) is 0 Å². The molecule has 20 heavy (non-hydrogen) atoms. The van der Waals surface area contributed by atoms with E-state index in [1.165, 1.54) is 0 Å². The van der Waals surface area contributed by atoms with Crippen LogP contribution in [0.1, 0.15) is 18.4 Å². The first kappa shape index (κ1) is 13.5. The van der Waals surface area contributed by atoms with Crippen LogP contribution in [0.3, 0.4) is 0 Å². The summed E-state index contributed by atoms with van der Waals surface area (Å²) in [6.45, 7) is 0.214. The molecular weight excluding hydrogens is 284 g/mol. The summed E-state index contributed by atoms with van der Waals surface area (Å²) in [6, 6.07) is 9.37. The fourth-order valence-electron chi connectivity index (χ4n) is 2.53. The number of esters is 1. The lowest BCUT2D eigenvalue weighted by Crippen LogP contribution is -2.17. The summed E-state index contributed by atoms with van der Waals surface area (Å²) in [5.41, 5.74) is 0.911. The van der Waals surface area contributed by atoms with Gasteiger partial charge >= 0.3 is 16.4 Å². The molecule has 2 aliphatic rings. The van der Waals surface area contributed by atoms with Crippen LogP contribution in [0.15, 0.2) is 30.3 Å². The zero-order valence-corrected chi connectivity index (χ0v) is 11.4. The molecular formula is C13H14O6S. The predicted octanol–water partition coefficient (Wildman–Crippen LogP) is 1.17. The van der Waals surface area contributed by atoms with E-state index in [-0.39, 0.29) is 18.5 Å². The van der Waals surface area contributed by atoms with Crippen LogP contribution < -0.4 is 0 Å². The minimum absolute atomic E-state index is 0.214. The standard InChI is InChI=1S/C13H14O6S/c14-13(17-8-9-4-2-1-3-5-9)10-6-11-12(7-10)19-20(15,16)18-11/h1-5,10-12H,6-8H2/t10?,11-,12+. The van der Waals surface area contributed by atoms with E-state index in [2.05, 4.69) is 0 Å². The molecule has 0 amide bonds. The number of carbonyl (C=O) groups excluding carboxylic acids is 1. The monoisotopic (exact) mass is 298 g/mol. The number of carbonyl (C=O) groups is 1. The van der Waals surface area contributed by atoms with Crippen LogP contribution in [0.25, 0.3) is 0 Å². The smallest absolute Gasteiger partial charge is 0.400 e. The average Bonchev–Trinajstić information content (AvgIpc) is 2.90. The molecule has 108 valence electrons. The summed E-state index contributed by atoms with van der Waals surface area (Å²) in [7, 11) is -3.86. The second-order valence-corrected chi connectivity index (χ2v) is 6.14. The lowest BCUT2D eigenvalue weighted by atomic mass is 10.1. The number of ether oxygens (including phenoxy) is 1. The van der Waals surface area contributed by atoms with Crippen molar-refractivity contribution in [3.8, 4) is 0 Å². The predicted molar refractivity (Wildman–Crippen MR) is 67.6 cm³/mol. The molecule has 7 heteroatoms. The fourth-order valence-corrected chi connectivity index (χ4v) is 3.58. The van der Waals surface area contributed by atoms with Crippen molar-refractivity contribution in [2.24, 2.45) is 5.92 Å². The average molecular weight is 298 g/mol. The van der Waals surface area contributed by atoms with Crippen molar-refractivity contribution in [1.29, 1.82) is 0 Å². The number of hydrogen-bond donors (Lipinski definition) is 0. The van der Waals surface area contributed by atoms with E-state index in [1.807, 2.05) is 30.3 Å². The van der Waals surface area contributed by atoms with Crippen molar-refractivity contribution in [3.05, 3.63) is 35.9 Å². The second kappa shape index (κ2) is 5.16. The zero-order valence-electron chi connectivity index (χ0n) is 10.6. The molecule has 1 unspecified atom stereocenters. The summed E-state index contributed by atoms with van der Waals surface area (Å²) in [6.07, 6.45) is -0.488. The van der Waals surface area contributed by atoms with Crippen molar-refractivity contribution in [3.63, 3.8) is 0 Å². The highest BCUT2D eigenvalue weighted by Gasteiger charge is 2.49. The van der Waals surface area contributed by atoms with Gasteiger partial charge < -0.3 is 4.74 Å². The zero-order chi connectivity index (χ0) is 14.2. The lowest BCUT2D eigenvalue weighted by molar-refractivity contribution is -0.150. The molecule has 0 bridgehead atoms. The Bertz CT molecular complexity index is 577. The molecule has 1 aromatic carbocycles. The molecule has 1 aliphatic carbocycles. The largest absolute Gasteiger partial charge is 0.461 e. The van der Waals surface area contributed by atoms with Crippen molar-refractivity contribution >= 4 is 16.4 Å². The van der Waals surface area contributed by atoms with Crippen LogP contribution in [0, 0.1) is 5.92 Å². The first-order valence-electron chi connectivity index (χ1n) is 6.35. The third-order valence-electron chi connectivity index (χ3n) is 3.49. The number of hydrogen-bond acceptors (Lipinski definition) is 6. The van der Waals surface area contributed by atoms with Gasteiger partial charge in [-0.05, 0) is 18.4 Å². The third-order valence-corrected chi connectivity index (χ3v) is 4.45. The topological polar surface area (TPSA) is 78.9 Å². The summed E-state index contributed by atoms with van der Waals surface area (Å²) >= 11 is 0. The van der Waals surface area contributed by atoms with Gasteiger partial charge in [-0.3, -0.25) is 4.79 Å². The summed E-state index contributed by atoms with van der Waals surface area (Å²) in [5.74, 6) is -0.711. The Kier molecular flexibility index (Phi) is 3.49. The molecule has 3 rings (SSSR count). The molecule has 0 radical (unpaired) electrons. The molecule has 1 saturated carbocycles. The Morgan fingerprint density at radius 3 is 2.35 bits per heavy atom. The van der Waals surface area contributed by atoms with Crippen molar-refractivity contribution in [2.75, 3.05) is 0 Å². The molecule has 1 saturated heterocycles. The van der Waals surface area contributed by atoms with E-state index in [0.717, 1.165) is 5.56 Å². The Hall–Kier alpha value is -1.44. The van der Waals surface area contributed by atoms with Crippen molar-refractivity contribution < 1.29 is 26.3 Å². The Morgan fingerprint density at radius 2 is 1.75 bits per heavy atom. The molecule has 0 N–H and O–H groups in total. The van der Waals surface area contributed by atoms with Gasteiger partial charge in [0.05, 0.1) is 5.92 Å². The van der Waals surface area contributed by atoms with Crippen LogP contribution >= 0.6 is 0 Å². The fraction of sp³-hybridized carbons (Fsp3) is 0.462. The van der Waals surface area contributed by atoms with E-state index in [9.17, 15) is 13.2 Å². The Morgan fingerprint density at radius 1 is 1.15 bits per heavy atom. The van der Waals surface area contributed by atoms with Crippen molar-refractivity contribution in [1.82, 2.24) is 0 Å². The molecule has 2 fully saturated rings. The van der Waals surface area contributed by atoms with Crippen molar-refractivity contribution in [2.45, 2.75) is 31.7 Å². The minimum Gasteiger partial charge on any atom is -0.461 e. The molecule has 1 heterocycles. The molecule has 0 aromatic heterocycles. The molecule has 1 aromatic rings. The highest BCUT2D eigenvalue weighted by atomic mass is 32.3. The van der Waals surface area contributed by atoms with Gasteiger partial charge in [-0.1, -0.05) is 30.3 Å². The number of fused-ring (bicyclic) bond motifs is 1.